The van der Waals surface area contributed by atoms with E-state index in [2.05, 4.69) is 4.98 Å². The molecule has 0 aliphatic heterocycles. The summed E-state index contributed by atoms with van der Waals surface area (Å²) in [5.41, 5.74) is 1.31. The standard InChI is InChI=1S/C16H16N2O4/c1-9-5-10(12(8-17)16(19)18-9)11-6-14(21-3)15(22-4)7-13(11)20-2/h5-7H,1-4H3,(H,18,19). The van der Waals surface area contributed by atoms with E-state index in [0.717, 1.165) is 0 Å². The number of nitriles is 1. The fourth-order valence-corrected chi connectivity index (χ4v) is 2.25. The number of ether oxygens (including phenoxy) is 3. The number of pyridine rings is 1. The Kier molecular flexibility index (Phi) is 4.37. The van der Waals surface area contributed by atoms with Crippen molar-refractivity contribution in [2.75, 3.05) is 21.3 Å². The van der Waals surface area contributed by atoms with Gasteiger partial charge in [0.1, 0.15) is 17.4 Å². The number of aromatic amines is 1. The van der Waals surface area contributed by atoms with Gasteiger partial charge in [-0.15, -0.1) is 0 Å². The lowest BCUT2D eigenvalue weighted by atomic mass is 9.99. The van der Waals surface area contributed by atoms with Crippen molar-refractivity contribution in [1.82, 2.24) is 4.98 Å². The molecule has 0 aliphatic carbocycles. The van der Waals surface area contributed by atoms with Crippen molar-refractivity contribution in [3.8, 4) is 34.4 Å². The van der Waals surface area contributed by atoms with Crippen LogP contribution in [0.15, 0.2) is 23.0 Å². The molecule has 22 heavy (non-hydrogen) atoms. The first-order chi connectivity index (χ1) is 10.5. The number of nitrogens with zero attached hydrogens (tertiary/aromatic N) is 1. The predicted octanol–water partition coefficient (Wildman–Crippen LogP) is 2.25. The fraction of sp³-hybridized carbons (Fsp3) is 0.250. The Morgan fingerprint density at radius 1 is 0.955 bits per heavy atom. The summed E-state index contributed by atoms with van der Waals surface area (Å²) in [7, 11) is 4.55. The van der Waals surface area contributed by atoms with Crippen molar-refractivity contribution in [2.24, 2.45) is 0 Å². The highest BCUT2D eigenvalue weighted by molar-refractivity contribution is 5.78. The van der Waals surface area contributed by atoms with E-state index >= 15 is 0 Å². The molecule has 2 aromatic rings. The second-order valence-corrected chi connectivity index (χ2v) is 4.59. The van der Waals surface area contributed by atoms with Crippen molar-refractivity contribution >= 4 is 0 Å². The summed E-state index contributed by atoms with van der Waals surface area (Å²) in [5, 5.41) is 9.28. The smallest absolute Gasteiger partial charge is 0.266 e. The number of benzene rings is 1. The van der Waals surface area contributed by atoms with Crippen molar-refractivity contribution in [3.63, 3.8) is 0 Å². The monoisotopic (exact) mass is 300 g/mol. The van der Waals surface area contributed by atoms with Gasteiger partial charge in [-0.1, -0.05) is 0 Å². The second-order valence-electron chi connectivity index (χ2n) is 4.59. The number of hydrogen-bond acceptors (Lipinski definition) is 5. The zero-order valence-electron chi connectivity index (χ0n) is 12.8. The summed E-state index contributed by atoms with van der Waals surface area (Å²) < 4.78 is 15.9. The Hall–Kier alpha value is -2.94. The largest absolute Gasteiger partial charge is 0.496 e. The van der Waals surface area contributed by atoms with Crippen LogP contribution in [0.5, 0.6) is 17.2 Å². The molecule has 0 radical (unpaired) electrons. The summed E-state index contributed by atoms with van der Waals surface area (Å²) >= 11 is 0. The zero-order valence-corrected chi connectivity index (χ0v) is 12.8. The molecule has 0 unspecified atom stereocenters. The highest BCUT2D eigenvalue weighted by atomic mass is 16.5. The molecule has 0 bridgehead atoms. The molecule has 6 nitrogen and oxygen atoms in total. The molecule has 0 spiro atoms. The van der Waals surface area contributed by atoms with Gasteiger partial charge in [0.05, 0.1) is 21.3 Å². The van der Waals surface area contributed by atoms with Crippen LogP contribution in [0.3, 0.4) is 0 Å². The first-order valence-corrected chi connectivity index (χ1v) is 6.50. The van der Waals surface area contributed by atoms with Gasteiger partial charge < -0.3 is 19.2 Å². The van der Waals surface area contributed by atoms with E-state index in [-0.39, 0.29) is 5.56 Å². The van der Waals surface area contributed by atoms with Gasteiger partial charge in [-0.25, -0.2) is 0 Å². The lowest BCUT2D eigenvalue weighted by Gasteiger charge is -2.15. The number of nitrogens with one attached hydrogen (secondary N) is 1. The van der Waals surface area contributed by atoms with E-state index in [0.29, 0.717) is 34.1 Å². The molecule has 0 saturated heterocycles. The second kappa shape index (κ2) is 6.22. The molecule has 6 heteroatoms. The van der Waals surface area contributed by atoms with Crippen LogP contribution < -0.4 is 19.8 Å². The molecule has 0 atom stereocenters. The van der Waals surface area contributed by atoms with Gasteiger partial charge in [-0.3, -0.25) is 4.79 Å². The van der Waals surface area contributed by atoms with Crippen LogP contribution in [0.2, 0.25) is 0 Å². The fourth-order valence-electron chi connectivity index (χ4n) is 2.25. The third-order valence-electron chi connectivity index (χ3n) is 3.28. The highest BCUT2D eigenvalue weighted by Gasteiger charge is 2.18. The maximum Gasteiger partial charge on any atom is 0.266 e. The molecule has 1 aromatic carbocycles. The number of aryl methyl sites for hydroxylation is 1. The molecular formula is C16H16N2O4. The normalized spacial score (nSPS) is 9.95. The minimum atomic E-state index is -0.436. The lowest BCUT2D eigenvalue weighted by Crippen LogP contribution is -2.13. The van der Waals surface area contributed by atoms with Crippen molar-refractivity contribution < 1.29 is 14.2 Å². The third kappa shape index (κ3) is 2.61. The maximum atomic E-state index is 12.0. The van der Waals surface area contributed by atoms with Crippen LogP contribution in [-0.2, 0) is 0 Å². The minimum Gasteiger partial charge on any atom is -0.496 e. The number of rotatable bonds is 4. The Balaban J connectivity index is 2.83. The van der Waals surface area contributed by atoms with E-state index in [1.165, 1.54) is 21.3 Å². The van der Waals surface area contributed by atoms with Crippen LogP contribution in [0.1, 0.15) is 11.3 Å². The van der Waals surface area contributed by atoms with E-state index < -0.39 is 5.56 Å². The van der Waals surface area contributed by atoms with E-state index in [4.69, 9.17) is 14.2 Å². The molecule has 114 valence electrons. The number of hydrogen-bond donors (Lipinski definition) is 1. The average molecular weight is 300 g/mol. The zero-order chi connectivity index (χ0) is 16.3. The predicted molar refractivity (Wildman–Crippen MR) is 81.6 cm³/mol. The summed E-state index contributed by atoms with van der Waals surface area (Å²) in [6, 6.07) is 7.01. The average Bonchev–Trinajstić information content (AvgIpc) is 2.52. The third-order valence-corrected chi connectivity index (χ3v) is 3.28. The summed E-state index contributed by atoms with van der Waals surface area (Å²) in [4.78, 5) is 14.6. The molecule has 1 N–H and O–H groups in total. The SMILES string of the molecule is COc1cc(OC)c(-c2cc(C)[nH]c(=O)c2C#N)cc1OC. The van der Waals surface area contributed by atoms with Crippen LogP contribution in [0.4, 0.5) is 0 Å². The van der Waals surface area contributed by atoms with Gasteiger partial charge in [0.2, 0.25) is 0 Å². The molecule has 0 amide bonds. The van der Waals surface area contributed by atoms with E-state index in [9.17, 15) is 10.1 Å². The van der Waals surface area contributed by atoms with Crippen molar-refractivity contribution in [2.45, 2.75) is 6.92 Å². The van der Waals surface area contributed by atoms with Gasteiger partial charge in [-0.2, -0.15) is 5.26 Å². The van der Waals surface area contributed by atoms with Crippen molar-refractivity contribution in [3.05, 3.63) is 39.8 Å². The van der Waals surface area contributed by atoms with Crippen molar-refractivity contribution in [1.29, 1.82) is 5.26 Å². The minimum absolute atomic E-state index is 0.0242. The summed E-state index contributed by atoms with van der Waals surface area (Å²) in [6.45, 7) is 1.75. The van der Waals surface area contributed by atoms with Gasteiger partial charge in [0.15, 0.2) is 11.5 Å². The van der Waals surface area contributed by atoms with Gasteiger partial charge >= 0.3 is 0 Å². The molecular weight excluding hydrogens is 284 g/mol. The highest BCUT2D eigenvalue weighted by Crippen LogP contribution is 2.40. The van der Waals surface area contributed by atoms with Crippen LogP contribution in [-0.4, -0.2) is 26.3 Å². The van der Waals surface area contributed by atoms with Crippen LogP contribution in [0.25, 0.3) is 11.1 Å². The molecule has 1 heterocycles. The van der Waals surface area contributed by atoms with E-state index in [1.54, 1.807) is 25.1 Å². The maximum absolute atomic E-state index is 12.0. The van der Waals surface area contributed by atoms with Gasteiger partial charge in [-0.05, 0) is 19.1 Å². The lowest BCUT2D eigenvalue weighted by molar-refractivity contribution is 0.349. The molecule has 0 aliphatic rings. The summed E-state index contributed by atoms with van der Waals surface area (Å²) in [6.07, 6.45) is 0. The molecule has 2 rings (SSSR count). The van der Waals surface area contributed by atoms with Gasteiger partial charge in [0, 0.05) is 22.9 Å². The number of aromatic nitrogens is 1. The van der Waals surface area contributed by atoms with Crippen LogP contribution in [0, 0.1) is 18.3 Å². The Labute approximate surface area is 127 Å². The summed E-state index contributed by atoms with van der Waals surface area (Å²) in [5.74, 6) is 1.47. The number of H-pyrrole nitrogens is 1. The molecule has 0 saturated carbocycles. The first kappa shape index (κ1) is 15.4. The van der Waals surface area contributed by atoms with Crippen LogP contribution >= 0.6 is 0 Å². The molecule has 1 aromatic heterocycles. The Morgan fingerprint density at radius 2 is 1.55 bits per heavy atom. The van der Waals surface area contributed by atoms with Gasteiger partial charge in [0.25, 0.3) is 5.56 Å². The topological polar surface area (TPSA) is 84.3 Å². The van der Waals surface area contributed by atoms with E-state index in [1.807, 2.05) is 6.07 Å². The quantitative estimate of drug-likeness (QED) is 0.936. The molecule has 0 fully saturated rings. The first-order valence-electron chi connectivity index (χ1n) is 6.50. The Bertz CT molecular complexity index is 803. The Morgan fingerprint density at radius 3 is 2.09 bits per heavy atom. The number of methoxy groups -OCH3 is 3.